The fourth-order valence-electron chi connectivity index (χ4n) is 3.80. The summed E-state index contributed by atoms with van der Waals surface area (Å²) in [5.41, 5.74) is 2.95. The van der Waals surface area contributed by atoms with Crippen molar-refractivity contribution in [2.75, 3.05) is 25.6 Å². The summed E-state index contributed by atoms with van der Waals surface area (Å²) in [6, 6.07) is 13.1. The van der Waals surface area contributed by atoms with Crippen molar-refractivity contribution in [3.8, 4) is 5.75 Å². The average molecular weight is 485 g/mol. The Labute approximate surface area is 201 Å². The number of rotatable bonds is 6. The van der Waals surface area contributed by atoms with Crippen LogP contribution in [-0.4, -0.2) is 37.2 Å². The van der Waals surface area contributed by atoms with E-state index in [1.165, 1.54) is 30.6 Å². The summed E-state index contributed by atoms with van der Waals surface area (Å²) in [5, 5.41) is 4.55. The summed E-state index contributed by atoms with van der Waals surface area (Å²) >= 11 is 1.21. The van der Waals surface area contributed by atoms with E-state index in [4.69, 9.17) is 14.2 Å². The summed E-state index contributed by atoms with van der Waals surface area (Å²) in [7, 11) is 1.30. The first-order chi connectivity index (χ1) is 16.5. The molecule has 1 aromatic heterocycles. The van der Waals surface area contributed by atoms with Gasteiger partial charge in [-0.1, -0.05) is 18.2 Å². The van der Waals surface area contributed by atoms with E-state index >= 15 is 0 Å². The second kappa shape index (κ2) is 10.7. The first-order valence-corrected chi connectivity index (χ1v) is 11.7. The molecule has 9 heteroatoms. The number of amides is 2. The van der Waals surface area contributed by atoms with Gasteiger partial charge in [-0.25, -0.2) is 14.0 Å². The molecule has 1 N–H and O–H groups in total. The maximum Gasteiger partial charge on any atom is 0.350 e. The number of hydrogen-bond acceptors (Lipinski definition) is 6. The number of nitrogens with one attached hydrogen (secondary N) is 1. The van der Waals surface area contributed by atoms with Gasteiger partial charge in [-0.15, -0.1) is 11.3 Å². The number of anilines is 1. The number of fused-ring (bicyclic) bond motifs is 1. The van der Waals surface area contributed by atoms with Gasteiger partial charge in [0.2, 0.25) is 0 Å². The number of methoxy groups -OCH3 is 1. The zero-order valence-electron chi connectivity index (χ0n) is 18.9. The van der Waals surface area contributed by atoms with Gasteiger partial charge < -0.3 is 24.4 Å². The van der Waals surface area contributed by atoms with E-state index in [0.29, 0.717) is 42.7 Å². The molecule has 0 spiro atoms. The fourth-order valence-corrected chi connectivity index (χ4v) is 4.56. The largest absolute Gasteiger partial charge is 0.491 e. The molecular formula is C25H25FN2O5S. The van der Waals surface area contributed by atoms with Crippen molar-refractivity contribution in [3.05, 3.63) is 81.3 Å². The minimum atomic E-state index is -0.495. The van der Waals surface area contributed by atoms with Gasteiger partial charge in [0.05, 0.1) is 38.6 Å². The normalized spacial score (nSPS) is 15.1. The van der Waals surface area contributed by atoms with Crippen LogP contribution in [0.5, 0.6) is 5.75 Å². The third-order valence-corrected chi connectivity index (χ3v) is 6.44. The predicted octanol–water partition coefficient (Wildman–Crippen LogP) is 5.38. The number of halogens is 1. The van der Waals surface area contributed by atoms with E-state index < -0.39 is 5.97 Å². The number of thiophene rings is 1. The molecule has 0 saturated heterocycles. The highest BCUT2D eigenvalue weighted by atomic mass is 32.1. The molecule has 0 saturated carbocycles. The van der Waals surface area contributed by atoms with E-state index in [1.807, 2.05) is 31.2 Å². The number of nitrogens with zero attached hydrogens (tertiary/aromatic N) is 1. The van der Waals surface area contributed by atoms with E-state index in [1.54, 1.807) is 22.4 Å². The van der Waals surface area contributed by atoms with Gasteiger partial charge in [0.1, 0.15) is 23.1 Å². The van der Waals surface area contributed by atoms with Crippen LogP contribution in [0, 0.1) is 5.82 Å². The van der Waals surface area contributed by atoms with Crippen LogP contribution in [0.2, 0.25) is 0 Å². The van der Waals surface area contributed by atoms with Gasteiger partial charge in [0.15, 0.2) is 0 Å². The van der Waals surface area contributed by atoms with Crippen LogP contribution in [0.4, 0.5) is 14.9 Å². The monoisotopic (exact) mass is 484 g/mol. The number of hydrogen-bond donors (Lipinski definition) is 1. The van der Waals surface area contributed by atoms with Crippen molar-refractivity contribution >= 4 is 29.0 Å². The summed E-state index contributed by atoms with van der Waals surface area (Å²) in [6.45, 7) is 3.27. The Hall–Kier alpha value is -3.43. The summed E-state index contributed by atoms with van der Waals surface area (Å²) in [6.07, 6.45) is 0. The molecular weight excluding hydrogens is 459 g/mol. The zero-order chi connectivity index (χ0) is 24.1. The molecule has 1 aliphatic rings. The van der Waals surface area contributed by atoms with Crippen molar-refractivity contribution in [1.29, 1.82) is 0 Å². The van der Waals surface area contributed by atoms with Crippen LogP contribution >= 0.6 is 11.3 Å². The average Bonchev–Trinajstić information content (AvgIpc) is 3.22. The SMILES string of the molecule is COC(=O)c1sccc1NC(=O)N1CCOc2ccc(COCc3cccc(F)c3)cc2[C@H]1C. The smallest absolute Gasteiger partial charge is 0.350 e. The highest BCUT2D eigenvalue weighted by molar-refractivity contribution is 7.12. The Balaban J connectivity index is 1.45. The molecule has 2 aromatic carbocycles. The molecule has 0 fully saturated rings. The van der Waals surface area contributed by atoms with Crippen LogP contribution in [0.15, 0.2) is 53.9 Å². The lowest BCUT2D eigenvalue weighted by molar-refractivity contribution is 0.0607. The molecule has 7 nitrogen and oxygen atoms in total. The van der Waals surface area contributed by atoms with Crippen molar-refractivity contribution in [1.82, 2.24) is 4.90 Å². The molecule has 1 aliphatic heterocycles. The first-order valence-electron chi connectivity index (χ1n) is 10.8. The summed E-state index contributed by atoms with van der Waals surface area (Å²) < 4.78 is 29.8. The second-order valence-corrected chi connectivity index (χ2v) is 8.71. The van der Waals surface area contributed by atoms with Crippen molar-refractivity contribution in [2.45, 2.75) is 26.2 Å². The lowest BCUT2D eigenvalue weighted by Crippen LogP contribution is -2.38. The zero-order valence-corrected chi connectivity index (χ0v) is 19.7. The second-order valence-electron chi connectivity index (χ2n) is 7.80. The molecule has 178 valence electrons. The highest BCUT2D eigenvalue weighted by Gasteiger charge is 2.28. The minimum absolute atomic E-state index is 0.277. The first kappa shape index (κ1) is 23.7. The maximum absolute atomic E-state index is 13.4. The lowest BCUT2D eigenvalue weighted by Gasteiger charge is -2.27. The lowest BCUT2D eigenvalue weighted by atomic mass is 10.0. The number of carbonyl (C=O) groups excluding carboxylic acids is 2. The number of urea groups is 1. The fraction of sp³-hybridized carbons (Fsp3) is 0.280. The van der Waals surface area contributed by atoms with Crippen LogP contribution in [-0.2, 0) is 22.7 Å². The molecule has 1 atom stereocenters. The van der Waals surface area contributed by atoms with Crippen LogP contribution in [0.25, 0.3) is 0 Å². The molecule has 0 bridgehead atoms. The Morgan fingerprint density at radius 3 is 2.74 bits per heavy atom. The summed E-state index contributed by atoms with van der Waals surface area (Å²) in [5.74, 6) is -0.0788. The molecule has 2 heterocycles. The van der Waals surface area contributed by atoms with Crippen LogP contribution in [0.1, 0.15) is 39.3 Å². The van der Waals surface area contributed by atoms with Gasteiger partial charge in [-0.3, -0.25) is 0 Å². The predicted molar refractivity (Wildman–Crippen MR) is 127 cm³/mol. The van der Waals surface area contributed by atoms with Gasteiger partial charge in [-0.2, -0.15) is 0 Å². The van der Waals surface area contributed by atoms with E-state index in [0.717, 1.165) is 16.7 Å². The molecule has 3 aromatic rings. The van der Waals surface area contributed by atoms with Crippen LogP contribution in [0.3, 0.4) is 0 Å². The standard InChI is InChI=1S/C25H25FN2O5S/c1-16-20-13-18(15-32-14-17-4-3-5-19(26)12-17)6-7-22(20)33-10-9-28(16)25(30)27-21-8-11-34-23(21)24(29)31-2/h3-8,11-13,16H,9-10,14-15H2,1-2H3,(H,27,30)/t16-/m1/s1. The quantitative estimate of drug-likeness (QED) is 0.476. The molecule has 34 heavy (non-hydrogen) atoms. The number of carbonyl (C=O) groups is 2. The highest BCUT2D eigenvalue weighted by Crippen LogP contribution is 2.34. The molecule has 4 rings (SSSR count). The Kier molecular flexibility index (Phi) is 7.44. The number of esters is 1. The van der Waals surface area contributed by atoms with E-state index in [9.17, 15) is 14.0 Å². The third-order valence-electron chi connectivity index (χ3n) is 5.55. The summed E-state index contributed by atoms with van der Waals surface area (Å²) in [4.78, 5) is 27.0. The van der Waals surface area contributed by atoms with Gasteiger partial charge in [0, 0.05) is 5.56 Å². The maximum atomic E-state index is 13.4. The Bertz CT molecular complexity index is 1180. The van der Waals surface area contributed by atoms with E-state index in [2.05, 4.69) is 5.32 Å². The van der Waals surface area contributed by atoms with Gasteiger partial charge in [0.25, 0.3) is 0 Å². The van der Waals surface area contributed by atoms with Gasteiger partial charge in [-0.05, 0) is 53.8 Å². The Morgan fingerprint density at radius 1 is 1.18 bits per heavy atom. The molecule has 2 amide bonds. The third kappa shape index (κ3) is 5.37. The topological polar surface area (TPSA) is 77.1 Å². The van der Waals surface area contributed by atoms with Crippen molar-refractivity contribution in [3.63, 3.8) is 0 Å². The molecule has 0 radical (unpaired) electrons. The van der Waals surface area contributed by atoms with Crippen molar-refractivity contribution < 1.29 is 28.2 Å². The number of ether oxygens (including phenoxy) is 3. The molecule has 0 unspecified atom stereocenters. The Morgan fingerprint density at radius 2 is 1.97 bits per heavy atom. The molecule has 0 aliphatic carbocycles. The van der Waals surface area contributed by atoms with E-state index in [-0.39, 0.29) is 17.9 Å². The van der Waals surface area contributed by atoms with Gasteiger partial charge >= 0.3 is 12.0 Å². The number of benzene rings is 2. The van der Waals surface area contributed by atoms with Crippen LogP contribution < -0.4 is 10.1 Å². The minimum Gasteiger partial charge on any atom is -0.491 e. The van der Waals surface area contributed by atoms with Crippen molar-refractivity contribution in [2.24, 2.45) is 0 Å².